The minimum Gasteiger partial charge on any atom is -0.250 e. The number of hydrogen-bond acceptors (Lipinski definition) is 4. The summed E-state index contributed by atoms with van der Waals surface area (Å²) < 4.78 is 25.7. The monoisotopic (exact) mass is 286 g/mol. The van der Waals surface area contributed by atoms with Crippen molar-refractivity contribution in [1.82, 2.24) is 14.8 Å². The molecule has 0 amide bonds. The molecule has 0 saturated carbocycles. The SMILES string of the molecule is CS(=O)(=O)Nc1ncn(Cc2cccc(Cl)c2)n1. The van der Waals surface area contributed by atoms with Gasteiger partial charge in [-0.25, -0.2) is 13.1 Å². The maximum absolute atomic E-state index is 11.0. The van der Waals surface area contributed by atoms with E-state index in [0.717, 1.165) is 11.8 Å². The Bertz CT molecular complexity index is 653. The van der Waals surface area contributed by atoms with Crippen molar-refractivity contribution in [3.63, 3.8) is 0 Å². The first-order valence-electron chi connectivity index (χ1n) is 5.04. The van der Waals surface area contributed by atoms with E-state index >= 15 is 0 Å². The van der Waals surface area contributed by atoms with Crippen molar-refractivity contribution in [2.45, 2.75) is 6.54 Å². The molecule has 0 aliphatic rings. The second-order valence-corrected chi connectivity index (χ2v) is 5.95. The van der Waals surface area contributed by atoms with E-state index < -0.39 is 10.0 Å². The van der Waals surface area contributed by atoms with E-state index in [1.807, 2.05) is 18.2 Å². The molecular weight excluding hydrogens is 276 g/mol. The molecule has 0 fully saturated rings. The van der Waals surface area contributed by atoms with Crippen LogP contribution in [0.25, 0.3) is 0 Å². The maximum atomic E-state index is 11.0. The van der Waals surface area contributed by atoms with Crippen LogP contribution in [0.1, 0.15) is 5.56 Å². The van der Waals surface area contributed by atoms with Gasteiger partial charge in [-0.05, 0) is 17.7 Å². The van der Waals surface area contributed by atoms with E-state index in [1.54, 1.807) is 6.07 Å². The molecule has 1 heterocycles. The third-order valence-electron chi connectivity index (χ3n) is 2.05. The highest BCUT2D eigenvalue weighted by Crippen LogP contribution is 2.11. The first kappa shape index (κ1) is 12.8. The van der Waals surface area contributed by atoms with E-state index in [-0.39, 0.29) is 5.95 Å². The normalized spacial score (nSPS) is 11.4. The largest absolute Gasteiger partial charge is 0.255 e. The first-order valence-corrected chi connectivity index (χ1v) is 7.31. The van der Waals surface area contributed by atoms with Gasteiger partial charge in [-0.1, -0.05) is 23.7 Å². The average Bonchev–Trinajstić information content (AvgIpc) is 2.62. The molecule has 1 N–H and O–H groups in total. The lowest BCUT2D eigenvalue weighted by atomic mass is 10.2. The Balaban J connectivity index is 2.12. The predicted molar refractivity (Wildman–Crippen MR) is 69.0 cm³/mol. The van der Waals surface area contributed by atoms with Gasteiger partial charge in [-0.3, -0.25) is 4.72 Å². The minimum absolute atomic E-state index is 0.0551. The number of halogens is 1. The van der Waals surface area contributed by atoms with Crippen LogP contribution >= 0.6 is 11.6 Å². The van der Waals surface area contributed by atoms with Gasteiger partial charge < -0.3 is 0 Å². The zero-order valence-corrected chi connectivity index (χ0v) is 11.1. The van der Waals surface area contributed by atoms with Crippen molar-refractivity contribution < 1.29 is 8.42 Å². The van der Waals surface area contributed by atoms with Gasteiger partial charge >= 0.3 is 0 Å². The lowest BCUT2D eigenvalue weighted by molar-refractivity contribution is 0.606. The van der Waals surface area contributed by atoms with Gasteiger partial charge in [0, 0.05) is 5.02 Å². The summed E-state index contributed by atoms with van der Waals surface area (Å²) in [6.45, 7) is 0.471. The maximum Gasteiger partial charge on any atom is 0.255 e. The summed E-state index contributed by atoms with van der Waals surface area (Å²) in [5.74, 6) is 0.0551. The van der Waals surface area contributed by atoms with Crippen LogP contribution in [-0.4, -0.2) is 29.4 Å². The van der Waals surface area contributed by atoms with E-state index in [9.17, 15) is 8.42 Å². The smallest absolute Gasteiger partial charge is 0.250 e. The number of rotatable bonds is 4. The van der Waals surface area contributed by atoms with E-state index in [2.05, 4.69) is 14.8 Å². The quantitative estimate of drug-likeness (QED) is 0.920. The molecule has 96 valence electrons. The van der Waals surface area contributed by atoms with Crippen LogP contribution in [0.4, 0.5) is 5.95 Å². The molecule has 0 saturated heterocycles. The Kier molecular flexibility index (Phi) is 3.53. The molecule has 0 atom stereocenters. The number of aromatic nitrogens is 3. The van der Waals surface area contributed by atoms with Crippen LogP contribution in [0.15, 0.2) is 30.6 Å². The van der Waals surface area contributed by atoms with E-state index in [0.29, 0.717) is 11.6 Å². The van der Waals surface area contributed by atoms with Gasteiger partial charge in [0.2, 0.25) is 10.0 Å². The van der Waals surface area contributed by atoms with Crippen LogP contribution in [0.3, 0.4) is 0 Å². The topological polar surface area (TPSA) is 76.9 Å². The van der Waals surface area contributed by atoms with Crippen LogP contribution in [0.5, 0.6) is 0 Å². The van der Waals surface area contributed by atoms with Gasteiger partial charge in [0.25, 0.3) is 5.95 Å². The molecular formula is C10H11ClN4O2S. The number of sulfonamides is 1. The van der Waals surface area contributed by atoms with Crippen molar-refractivity contribution in [2.24, 2.45) is 0 Å². The Morgan fingerprint density at radius 2 is 2.22 bits per heavy atom. The van der Waals surface area contributed by atoms with Gasteiger partial charge in [-0.15, -0.1) is 5.10 Å². The fourth-order valence-electron chi connectivity index (χ4n) is 1.41. The molecule has 0 spiro atoms. The van der Waals surface area contributed by atoms with Gasteiger partial charge in [-0.2, -0.15) is 4.98 Å². The van der Waals surface area contributed by atoms with E-state index in [4.69, 9.17) is 11.6 Å². The zero-order valence-electron chi connectivity index (χ0n) is 9.54. The molecule has 6 nitrogen and oxygen atoms in total. The Labute approximate surface area is 110 Å². The standard InChI is InChI=1S/C10H11ClN4O2S/c1-18(16,17)14-10-12-7-15(13-10)6-8-3-2-4-9(11)5-8/h2-5,7H,6H2,1H3,(H,13,14). The number of hydrogen-bond donors (Lipinski definition) is 1. The molecule has 2 rings (SSSR count). The van der Waals surface area contributed by atoms with Crippen molar-refractivity contribution >= 4 is 27.6 Å². The summed E-state index contributed by atoms with van der Waals surface area (Å²) in [6.07, 6.45) is 2.50. The van der Waals surface area contributed by atoms with Crippen LogP contribution < -0.4 is 4.72 Å². The highest BCUT2D eigenvalue weighted by Gasteiger charge is 2.06. The minimum atomic E-state index is -3.35. The van der Waals surface area contributed by atoms with Crippen molar-refractivity contribution in [3.8, 4) is 0 Å². The molecule has 18 heavy (non-hydrogen) atoms. The first-order chi connectivity index (χ1) is 8.42. The zero-order chi connectivity index (χ0) is 13.2. The molecule has 1 aromatic heterocycles. The molecule has 0 aliphatic heterocycles. The number of benzene rings is 1. The van der Waals surface area contributed by atoms with Crippen molar-refractivity contribution in [2.75, 3.05) is 11.0 Å². The summed E-state index contributed by atoms with van der Waals surface area (Å²) in [7, 11) is -3.35. The molecule has 0 radical (unpaired) electrons. The van der Waals surface area contributed by atoms with Crippen LogP contribution in [0.2, 0.25) is 5.02 Å². The summed E-state index contributed by atoms with van der Waals surface area (Å²) in [5.41, 5.74) is 0.957. The fourth-order valence-corrected chi connectivity index (χ4v) is 2.04. The molecule has 0 aliphatic carbocycles. The summed E-state index contributed by atoms with van der Waals surface area (Å²) in [5, 5.41) is 4.63. The Morgan fingerprint density at radius 1 is 1.44 bits per heavy atom. The van der Waals surface area contributed by atoms with Gasteiger partial charge in [0.05, 0.1) is 12.8 Å². The molecule has 0 unspecified atom stereocenters. The molecule has 1 aromatic carbocycles. The lowest BCUT2D eigenvalue weighted by Gasteiger charge is -2.01. The second kappa shape index (κ2) is 4.95. The molecule has 8 heteroatoms. The lowest BCUT2D eigenvalue weighted by Crippen LogP contribution is -2.11. The Hall–Kier alpha value is -1.60. The van der Waals surface area contributed by atoms with Crippen LogP contribution in [-0.2, 0) is 16.6 Å². The highest BCUT2D eigenvalue weighted by molar-refractivity contribution is 7.91. The highest BCUT2D eigenvalue weighted by atomic mass is 35.5. The molecule has 2 aromatic rings. The second-order valence-electron chi connectivity index (χ2n) is 3.77. The van der Waals surface area contributed by atoms with Gasteiger partial charge in [0.15, 0.2) is 0 Å². The predicted octanol–water partition coefficient (Wildman–Crippen LogP) is 1.35. The van der Waals surface area contributed by atoms with Gasteiger partial charge in [0.1, 0.15) is 6.33 Å². The number of nitrogens with zero attached hydrogens (tertiary/aromatic N) is 3. The number of anilines is 1. The third-order valence-corrected chi connectivity index (χ3v) is 2.84. The molecule has 0 bridgehead atoms. The fraction of sp³-hybridized carbons (Fsp3) is 0.200. The number of nitrogens with one attached hydrogen (secondary N) is 1. The summed E-state index contributed by atoms with van der Waals surface area (Å²) >= 11 is 5.87. The average molecular weight is 287 g/mol. The third kappa shape index (κ3) is 3.71. The summed E-state index contributed by atoms with van der Waals surface area (Å²) in [4.78, 5) is 3.85. The summed E-state index contributed by atoms with van der Waals surface area (Å²) in [6, 6.07) is 7.33. The van der Waals surface area contributed by atoms with Crippen LogP contribution in [0, 0.1) is 0 Å². The van der Waals surface area contributed by atoms with Crippen molar-refractivity contribution in [1.29, 1.82) is 0 Å². The Morgan fingerprint density at radius 3 is 2.89 bits per heavy atom. The van der Waals surface area contributed by atoms with Crippen molar-refractivity contribution in [3.05, 3.63) is 41.2 Å². The van der Waals surface area contributed by atoms with E-state index in [1.165, 1.54) is 11.0 Å².